The van der Waals surface area contributed by atoms with Crippen LogP contribution in [0.15, 0.2) is 41.7 Å². The van der Waals surface area contributed by atoms with Crippen LogP contribution in [0.3, 0.4) is 0 Å². The number of piperidine rings is 1. The highest BCUT2D eigenvalue weighted by Crippen LogP contribution is 2.14. The molecule has 0 saturated carbocycles. The van der Waals surface area contributed by atoms with Gasteiger partial charge in [-0.25, -0.2) is 4.99 Å². The molecule has 1 aliphatic heterocycles. The van der Waals surface area contributed by atoms with Crippen LogP contribution in [-0.4, -0.2) is 63.4 Å². The molecule has 1 aliphatic rings. The number of guanidine groups is 1. The second-order valence-electron chi connectivity index (χ2n) is 7.87. The zero-order valence-electron chi connectivity index (χ0n) is 18.3. The summed E-state index contributed by atoms with van der Waals surface area (Å²) in [4.78, 5) is 9.34. The molecule has 0 radical (unpaired) electrons. The first-order valence-electron chi connectivity index (χ1n) is 10.5. The molecule has 1 saturated heterocycles. The van der Waals surface area contributed by atoms with Crippen LogP contribution >= 0.6 is 24.0 Å². The summed E-state index contributed by atoms with van der Waals surface area (Å²) in [5.41, 5.74) is 3.68. The number of halogens is 1. The van der Waals surface area contributed by atoms with Crippen molar-refractivity contribution in [1.82, 2.24) is 24.9 Å². The first kappa shape index (κ1) is 24.6. The largest absolute Gasteiger partial charge is 0.393 e. The SMILES string of the molecule is CCNC(=NCc1ccc(CN2CCC(O)CC2)cc1)N(C)Cc1cnn(C)c1.I. The average molecular weight is 526 g/mol. The maximum atomic E-state index is 9.64. The number of aliphatic imine (C=N–C) groups is 1. The Morgan fingerprint density at radius 3 is 2.47 bits per heavy atom. The number of nitrogens with one attached hydrogen (secondary N) is 1. The van der Waals surface area contributed by atoms with Gasteiger partial charge in [-0.3, -0.25) is 9.58 Å². The number of aliphatic hydroxyl groups is 1. The van der Waals surface area contributed by atoms with Gasteiger partial charge in [0.25, 0.3) is 0 Å². The fourth-order valence-corrected chi connectivity index (χ4v) is 3.62. The van der Waals surface area contributed by atoms with Gasteiger partial charge in [0.15, 0.2) is 5.96 Å². The minimum absolute atomic E-state index is 0. The van der Waals surface area contributed by atoms with Gasteiger partial charge in [-0.1, -0.05) is 24.3 Å². The van der Waals surface area contributed by atoms with Crippen LogP contribution in [0.2, 0.25) is 0 Å². The monoisotopic (exact) mass is 526 g/mol. The Balaban J connectivity index is 0.00000320. The van der Waals surface area contributed by atoms with Crippen molar-refractivity contribution in [2.45, 2.75) is 45.5 Å². The van der Waals surface area contributed by atoms with E-state index in [1.54, 1.807) is 0 Å². The van der Waals surface area contributed by atoms with Crippen LogP contribution < -0.4 is 5.32 Å². The topological polar surface area (TPSA) is 68.9 Å². The molecule has 0 atom stereocenters. The van der Waals surface area contributed by atoms with Crippen molar-refractivity contribution in [2.75, 3.05) is 26.7 Å². The van der Waals surface area contributed by atoms with Crippen molar-refractivity contribution in [3.63, 3.8) is 0 Å². The van der Waals surface area contributed by atoms with Crippen molar-refractivity contribution in [2.24, 2.45) is 12.0 Å². The zero-order valence-corrected chi connectivity index (χ0v) is 20.6. The van der Waals surface area contributed by atoms with E-state index in [4.69, 9.17) is 4.99 Å². The van der Waals surface area contributed by atoms with Gasteiger partial charge in [0.2, 0.25) is 0 Å². The number of hydrogen-bond acceptors (Lipinski definition) is 4. The van der Waals surface area contributed by atoms with E-state index in [1.165, 1.54) is 11.1 Å². The van der Waals surface area contributed by atoms with Gasteiger partial charge in [-0.15, -0.1) is 24.0 Å². The Morgan fingerprint density at radius 2 is 1.87 bits per heavy atom. The number of benzene rings is 1. The molecular formula is C22H35IN6O. The molecule has 0 spiro atoms. The molecule has 1 aromatic heterocycles. The standard InChI is InChI=1S/C22H34N6O.HI/c1-4-23-22(26(2)15-20-14-25-27(3)16-20)24-13-18-5-7-19(8-6-18)17-28-11-9-21(29)10-12-28;/h5-8,14,16,21,29H,4,9-13,15,17H2,1-3H3,(H,23,24);1H. The van der Waals surface area contributed by atoms with Crippen molar-refractivity contribution < 1.29 is 5.11 Å². The highest BCUT2D eigenvalue weighted by atomic mass is 127. The Hall–Kier alpha value is -1.65. The van der Waals surface area contributed by atoms with E-state index in [1.807, 2.05) is 31.2 Å². The zero-order chi connectivity index (χ0) is 20.6. The molecule has 166 valence electrons. The minimum Gasteiger partial charge on any atom is -0.393 e. The van der Waals surface area contributed by atoms with Gasteiger partial charge in [0.05, 0.1) is 18.8 Å². The molecule has 3 rings (SSSR count). The molecule has 0 amide bonds. The van der Waals surface area contributed by atoms with Crippen molar-refractivity contribution in [3.05, 3.63) is 53.3 Å². The molecule has 2 N–H and O–H groups in total. The summed E-state index contributed by atoms with van der Waals surface area (Å²) in [6.07, 6.45) is 5.57. The Morgan fingerprint density at radius 1 is 1.20 bits per heavy atom. The Kier molecular flexibility index (Phi) is 10.1. The number of aromatic nitrogens is 2. The van der Waals surface area contributed by atoms with E-state index in [0.717, 1.165) is 57.1 Å². The number of aliphatic hydroxyl groups excluding tert-OH is 1. The van der Waals surface area contributed by atoms with E-state index in [9.17, 15) is 5.11 Å². The summed E-state index contributed by atoms with van der Waals surface area (Å²) in [7, 11) is 3.98. The molecule has 0 unspecified atom stereocenters. The van der Waals surface area contributed by atoms with Gasteiger partial charge in [0.1, 0.15) is 0 Å². The van der Waals surface area contributed by atoms with E-state index < -0.39 is 0 Å². The summed E-state index contributed by atoms with van der Waals surface area (Å²) in [6.45, 7) is 7.23. The van der Waals surface area contributed by atoms with Crippen molar-refractivity contribution >= 4 is 29.9 Å². The number of likely N-dealkylation sites (tertiary alicyclic amines) is 1. The van der Waals surface area contributed by atoms with Crippen LogP contribution in [-0.2, 0) is 26.7 Å². The third-order valence-corrected chi connectivity index (χ3v) is 5.27. The van der Waals surface area contributed by atoms with Crippen LogP contribution in [0.4, 0.5) is 0 Å². The van der Waals surface area contributed by atoms with Crippen LogP contribution in [0, 0.1) is 0 Å². The van der Waals surface area contributed by atoms with Gasteiger partial charge < -0.3 is 15.3 Å². The smallest absolute Gasteiger partial charge is 0.194 e. The molecule has 0 bridgehead atoms. The lowest BCUT2D eigenvalue weighted by molar-refractivity contribution is 0.0792. The summed E-state index contributed by atoms with van der Waals surface area (Å²) in [5.74, 6) is 0.896. The van der Waals surface area contributed by atoms with Crippen molar-refractivity contribution in [3.8, 4) is 0 Å². The van der Waals surface area contributed by atoms with Gasteiger partial charge in [-0.05, 0) is 30.9 Å². The molecular weight excluding hydrogens is 491 g/mol. The lowest BCUT2D eigenvalue weighted by atomic mass is 10.1. The van der Waals surface area contributed by atoms with E-state index in [0.29, 0.717) is 6.54 Å². The van der Waals surface area contributed by atoms with E-state index in [2.05, 4.69) is 51.4 Å². The predicted octanol–water partition coefficient (Wildman–Crippen LogP) is 2.59. The molecule has 2 aromatic rings. The maximum Gasteiger partial charge on any atom is 0.194 e. The Labute approximate surface area is 197 Å². The summed E-state index contributed by atoms with van der Waals surface area (Å²) < 4.78 is 1.82. The molecule has 1 fully saturated rings. The third-order valence-electron chi connectivity index (χ3n) is 5.27. The van der Waals surface area contributed by atoms with Crippen molar-refractivity contribution in [1.29, 1.82) is 0 Å². The van der Waals surface area contributed by atoms with Crippen LogP contribution in [0.1, 0.15) is 36.5 Å². The molecule has 1 aromatic carbocycles. The molecule has 30 heavy (non-hydrogen) atoms. The fourth-order valence-electron chi connectivity index (χ4n) is 3.62. The third kappa shape index (κ3) is 7.55. The summed E-state index contributed by atoms with van der Waals surface area (Å²) in [5, 5.41) is 17.2. The van der Waals surface area contributed by atoms with Crippen LogP contribution in [0.25, 0.3) is 0 Å². The predicted molar refractivity (Wildman–Crippen MR) is 132 cm³/mol. The molecule has 2 heterocycles. The average Bonchev–Trinajstić information content (AvgIpc) is 3.12. The van der Waals surface area contributed by atoms with Gasteiger partial charge in [0, 0.05) is 58.6 Å². The normalized spacial score (nSPS) is 15.7. The highest BCUT2D eigenvalue weighted by Gasteiger charge is 2.16. The quantitative estimate of drug-likeness (QED) is 0.330. The van der Waals surface area contributed by atoms with E-state index in [-0.39, 0.29) is 30.1 Å². The lowest BCUT2D eigenvalue weighted by Crippen LogP contribution is -2.38. The second-order valence-corrected chi connectivity index (χ2v) is 7.87. The first-order chi connectivity index (χ1) is 14.0. The number of aryl methyl sites for hydroxylation is 1. The number of rotatable bonds is 7. The molecule has 7 nitrogen and oxygen atoms in total. The minimum atomic E-state index is -0.117. The lowest BCUT2D eigenvalue weighted by Gasteiger charge is -2.29. The van der Waals surface area contributed by atoms with Gasteiger partial charge >= 0.3 is 0 Å². The first-order valence-corrected chi connectivity index (χ1v) is 10.5. The molecule has 8 heteroatoms. The highest BCUT2D eigenvalue weighted by molar-refractivity contribution is 14.0. The second kappa shape index (κ2) is 12.3. The molecule has 0 aliphatic carbocycles. The maximum absolute atomic E-state index is 9.64. The number of nitrogens with zero attached hydrogens (tertiary/aromatic N) is 5. The summed E-state index contributed by atoms with van der Waals surface area (Å²) in [6, 6.07) is 8.73. The van der Waals surface area contributed by atoms with Crippen LogP contribution in [0.5, 0.6) is 0 Å². The van der Waals surface area contributed by atoms with E-state index >= 15 is 0 Å². The summed E-state index contributed by atoms with van der Waals surface area (Å²) >= 11 is 0. The fraction of sp³-hybridized carbons (Fsp3) is 0.545. The number of hydrogen-bond donors (Lipinski definition) is 2. The Bertz CT molecular complexity index is 783. The van der Waals surface area contributed by atoms with Gasteiger partial charge in [-0.2, -0.15) is 5.10 Å².